The fourth-order valence-electron chi connectivity index (χ4n) is 3.57. The van der Waals surface area contributed by atoms with E-state index >= 15 is 0 Å². The normalized spacial score (nSPS) is 16.1. The maximum atomic E-state index is 10.4. The molecular formula is C23H32N2O3. The molecule has 1 N–H and O–H groups in total. The van der Waals surface area contributed by atoms with Gasteiger partial charge < -0.3 is 19.5 Å². The lowest BCUT2D eigenvalue weighted by molar-refractivity contribution is 0.0885. The number of ether oxygens (including phenoxy) is 2. The minimum Gasteiger partial charge on any atom is -0.495 e. The number of methoxy groups -OCH3 is 1. The summed E-state index contributed by atoms with van der Waals surface area (Å²) in [4.78, 5) is 4.68. The number of benzene rings is 2. The summed E-state index contributed by atoms with van der Waals surface area (Å²) in [6.07, 6.45) is 0.268. The number of rotatable bonds is 8. The second kappa shape index (κ2) is 9.80. The first kappa shape index (κ1) is 20.5. The van der Waals surface area contributed by atoms with Crippen LogP contribution in [0.15, 0.2) is 42.5 Å². The number of hydrogen-bond acceptors (Lipinski definition) is 5. The van der Waals surface area contributed by atoms with E-state index < -0.39 is 0 Å². The number of para-hydroxylation sites is 2. The van der Waals surface area contributed by atoms with E-state index in [0.717, 1.165) is 43.4 Å². The second-order valence-electron chi connectivity index (χ2n) is 7.50. The minimum absolute atomic E-state index is 0.371. The molecule has 1 fully saturated rings. The van der Waals surface area contributed by atoms with E-state index in [2.05, 4.69) is 41.8 Å². The van der Waals surface area contributed by atoms with Gasteiger partial charge in [-0.25, -0.2) is 0 Å². The van der Waals surface area contributed by atoms with Crippen LogP contribution in [0.5, 0.6) is 11.5 Å². The van der Waals surface area contributed by atoms with Gasteiger partial charge in [-0.1, -0.05) is 18.2 Å². The van der Waals surface area contributed by atoms with Crippen LogP contribution in [-0.2, 0) is 0 Å². The number of aliphatic hydroxyl groups excluding tert-OH is 1. The van der Waals surface area contributed by atoms with Gasteiger partial charge in [0.15, 0.2) is 0 Å². The Bertz CT molecular complexity index is 757. The number of β-amino-alcohol motifs (C(OH)–C–C–N with tert-alkyl or cyclic N) is 1. The maximum absolute atomic E-state index is 10.4. The van der Waals surface area contributed by atoms with E-state index in [9.17, 15) is 5.11 Å². The fourth-order valence-corrected chi connectivity index (χ4v) is 3.57. The number of anilines is 1. The Kier molecular flexibility index (Phi) is 7.18. The molecule has 2 aromatic rings. The molecule has 0 bridgehead atoms. The Morgan fingerprint density at radius 3 is 2.46 bits per heavy atom. The molecule has 152 valence electrons. The third-order valence-corrected chi connectivity index (χ3v) is 5.47. The van der Waals surface area contributed by atoms with Crippen LogP contribution in [0.4, 0.5) is 5.69 Å². The van der Waals surface area contributed by atoms with E-state index in [-0.39, 0.29) is 6.10 Å². The molecular weight excluding hydrogens is 352 g/mol. The SMILES string of the molecule is COc1ccccc1N1CCN(C[C@H](O)CCOc2ccc(C)c(C)c2)CC1. The van der Waals surface area contributed by atoms with Gasteiger partial charge in [-0.2, -0.15) is 0 Å². The Morgan fingerprint density at radius 1 is 1.00 bits per heavy atom. The molecule has 1 aliphatic rings. The van der Waals surface area contributed by atoms with Crippen molar-refractivity contribution in [2.45, 2.75) is 26.4 Å². The zero-order valence-electron chi connectivity index (χ0n) is 17.2. The maximum Gasteiger partial charge on any atom is 0.142 e. The van der Waals surface area contributed by atoms with E-state index in [0.29, 0.717) is 19.6 Å². The van der Waals surface area contributed by atoms with Crippen molar-refractivity contribution in [1.29, 1.82) is 0 Å². The molecule has 0 aromatic heterocycles. The van der Waals surface area contributed by atoms with Gasteiger partial charge in [0.05, 0.1) is 25.5 Å². The van der Waals surface area contributed by atoms with Crippen LogP contribution in [0, 0.1) is 13.8 Å². The lowest BCUT2D eigenvalue weighted by Crippen LogP contribution is -2.48. The molecule has 2 aromatic carbocycles. The number of aliphatic hydroxyl groups is 1. The molecule has 3 rings (SSSR count). The van der Waals surface area contributed by atoms with Gasteiger partial charge >= 0.3 is 0 Å². The second-order valence-corrected chi connectivity index (χ2v) is 7.50. The van der Waals surface area contributed by atoms with E-state index in [1.54, 1.807) is 7.11 Å². The highest BCUT2D eigenvalue weighted by Crippen LogP contribution is 2.28. The van der Waals surface area contributed by atoms with Crippen LogP contribution in [0.2, 0.25) is 0 Å². The Hall–Kier alpha value is -2.24. The molecule has 0 unspecified atom stereocenters. The first-order valence-electron chi connectivity index (χ1n) is 10.0. The summed E-state index contributed by atoms with van der Waals surface area (Å²) in [5.74, 6) is 1.79. The summed E-state index contributed by atoms with van der Waals surface area (Å²) in [6.45, 7) is 9.15. The molecule has 28 heavy (non-hydrogen) atoms. The largest absolute Gasteiger partial charge is 0.495 e. The smallest absolute Gasteiger partial charge is 0.142 e. The molecule has 0 radical (unpaired) electrons. The topological polar surface area (TPSA) is 45.2 Å². The van der Waals surface area contributed by atoms with E-state index in [4.69, 9.17) is 9.47 Å². The van der Waals surface area contributed by atoms with Crippen LogP contribution in [0.1, 0.15) is 17.5 Å². The van der Waals surface area contributed by atoms with E-state index in [1.165, 1.54) is 11.1 Å². The monoisotopic (exact) mass is 384 g/mol. The average Bonchev–Trinajstić information content (AvgIpc) is 2.71. The number of aryl methyl sites for hydroxylation is 2. The molecule has 0 spiro atoms. The minimum atomic E-state index is -0.371. The fraction of sp³-hybridized carbons (Fsp3) is 0.478. The highest BCUT2D eigenvalue weighted by molar-refractivity contribution is 5.58. The van der Waals surface area contributed by atoms with Crippen molar-refractivity contribution in [3.05, 3.63) is 53.6 Å². The molecule has 1 atom stereocenters. The van der Waals surface area contributed by atoms with Crippen LogP contribution < -0.4 is 14.4 Å². The molecule has 0 saturated carbocycles. The predicted octanol–water partition coefficient (Wildman–Crippen LogP) is 3.26. The van der Waals surface area contributed by atoms with Gasteiger partial charge in [0.1, 0.15) is 11.5 Å². The number of piperazine rings is 1. The zero-order chi connectivity index (χ0) is 19.9. The Balaban J connectivity index is 1.40. The highest BCUT2D eigenvalue weighted by atomic mass is 16.5. The first-order valence-corrected chi connectivity index (χ1v) is 10.0. The third kappa shape index (κ3) is 5.40. The summed E-state index contributed by atoms with van der Waals surface area (Å²) in [7, 11) is 1.71. The van der Waals surface area contributed by atoms with Crippen molar-refractivity contribution < 1.29 is 14.6 Å². The zero-order valence-corrected chi connectivity index (χ0v) is 17.2. The molecule has 5 heteroatoms. The molecule has 1 saturated heterocycles. The predicted molar refractivity (Wildman–Crippen MR) is 114 cm³/mol. The lowest BCUT2D eigenvalue weighted by Gasteiger charge is -2.37. The first-order chi connectivity index (χ1) is 13.6. The van der Waals surface area contributed by atoms with Crippen LogP contribution in [0.25, 0.3) is 0 Å². The summed E-state index contributed by atoms with van der Waals surface area (Å²) in [5, 5.41) is 10.4. The summed E-state index contributed by atoms with van der Waals surface area (Å²) in [5.41, 5.74) is 3.64. The summed E-state index contributed by atoms with van der Waals surface area (Å²) >= 11 is 0. The van der Waals surface area contributed by atoms with Crippen molar-refractivity contribution >= 4 is 5.69 Å². The van der Waals surface area contributed by atoms with Gasteiger partial charge in [-0.3, -0.25) is 4.90 Å². The Labute approximate surface area is 168 Å². The molecule has 0 amide bonds. The number of hydrogen-bond donors (Lipinski definition) is 1. The van der Waals surface area contributed by atoms with Crippen LogP contribution in [0.3, 0.4) is 0 Å². The molecule has 0 aliphatic carbocycles. The van der Waals surface area contributed by atoms with Gasteiger partial charge in [-0.05, 0) is 49.2 Å². The average molecular weight is 385 g/mol. The van der Waals surface area contributed by atoms with Crippen molar-refractivity contribution in [2.75, 3.05) is 51.3 Å². The van der Waals surface area contributed by atoms with Crippen molar-refractivity contribution in [2.24, 2.45) is 0 Å². The molecule has 1 aliphatic heterocycles. The summed E-state index contributed by atoms with van der Waals surface area (Å²) < 4.78 is 11.3. The Morgan fingerprint density at radius 2 is 1.75 bits per heavy atom. The van der Waals surface area contributed by atoms with Crippen molar-refractivity contribution in [3.8, 4) is 11.5 Å². The lowest BCUT2D eigenvalue weighted by atomic mass is 10.1. The number of nitrogens with zero attached hydrogens (tertiary/aromatic N) is 2. The third-order valence-electron chi connectivity index (χ3n) is 5.47. The standard InChI is InChI=1S/C23H32N2O3/c1-18-8-9-21(16-19(18)2)28-15-10-20(26)17-24-11-13-25(14-12-24)22-6-4-5-7-23(22)27-3/h4-9,16,20,26H,10-15,17H2,1-3H3/t20-/m1/s1. The van der Waals surface area contributed by atoms with Crippen LogP contribution in [-0.4, -0.2) is 62.6 Å². The summed E-state index contributed by atoms with van der Waals surface area (Å²) in [6, 6.07) is 14.3. The highest BCUT2D eigenvalue weighted by Gasteiger charge is 2.21. The van der Waals surface area contributed by atoms with Crippen LogP contribution >= 0.6 is 0 Å². The van der Waals surface area contributed by atoms with Crippen molar-refractivity contribution in [3.63, 3.8) is 0 Å². The van der Waals surface area contributed by atoms with Gasteiger partial charge in [0.25, 0.3) is 0 Å². The van der Waals surface area contributed by atoms with Gasteiger partial charge in [0, 0.05) is 39.1 Å². The molecule has 1 heterocycles. The quantitative estimate of drug-likeness (QED) is 0.757. The van der Waals surface area contributed by atoms with Gasteiger partial charge in [0.2, 0.25) is 0 Å². The van der Waals surface area contributed by atoms with Crippen molar-refractivity contribution in [1.82, 2.24) is 4.90 Å². The van der Waals surface area contributed by atoms with E-state index in [1.807, 2.05) is 24.3 Å². The molecule has 5 nitrogen and oxygen atoms in total. The van der Waals surface area contributed by atoms with Gasteiger partial charge in [-0.15, -0.1) is 0 Å².